The van der Waals surface area contributed by atoms with Gasteiger partial charge in [0, 0.05) is 31.2 Å². The van der Waals surface area contributed by atoms with E-state index in [0.29, 0.717) is 6.54 Å². The Bertz CT molecular complexity index is 901. The van der Waals surface area contributed by atoms with Gasteiger partial charge in [0.15, 0.2) is 0 Å². The smallest absolute Gasteiger partial charge is 0.269 e. The minimum Gasteiger partial charge on any atom is -0.496 e. The second kappa shape index (κ2) is 6.84. The number of methoxy groups -OCH3 is 1. The van der Waals surface area contributed by atoms with Crippen LogP contribution in [0.4, 0.5) is 5.69 Å². The number of aromatic nitrogens is 3. The summed E-state index contributed by atoms with van der Waals surface area (Å²) in [7, 11) is 5.40. The molecule has 0 saturated heterocycles. The lowest BCUT2D eigenvalue weighted by Gasteiger charge is -2.11. The van der Waals surface area contributed by atoms with E-state index in [4.69, 9.17) is 4.74 Å². The first-order valence-corrected chi connectivity index (χ1v) is 8.22. The average molecular weight is 342 g/mol. The molecule has 6 nitrogen and oxygen atoms in total. The summed E-state index contributed by atoms with van der Waals surface area (Å²) in [6.07, 6.45) is 3.46. The van der Waals surface area contributed by atoms with Crippen LogP contribution < -0.4 is 15.2 Å². The molecule has 0 bridgehead atoms. The van der Waals surface area contributed by atoms with E-state index in [2.05, 4.69) is 10.1 Å². The van der Waals surface area contributed by atoms with Gasteiger partial charge in [0.05, 0.1) is 31.1 Å². The third-order valence-electron chi connectivity index (χ3n) is 3.57. The standard InChI is InChI=1S/C17H18N4O2S/c1-20(2)12-8-16(22)21(19-9-12)11-13-10-18-17(24-13)14-6-4-5-7-15(14)23-3/h4-10H,11H2,1-3H3. The van der Waals surface area contributed by atoms with Gasteiger partial charge in [0.2, 0.25) is 0 Å². The Morgan fingerprint density at radius 2 is 2.04 bits per heavy atom. The fraction of sp³-hybridized carbons (Fsp3) is 0.235. The molecular formula is C17H18N4O2S. The molecule has 3 rings (SSSR count). The molecule has 0 aliphatic heterocycles. The molecule has 0 spiro atoms. The summed E-state index contributed by atoms with van der Waals surface area (Å²) in [6, 6.07) is 9.33. The van der Waals surface area contributed by atoms with E-state index in [-0.39, 0.29) is 5.56 Å². The van der Waals surface area contributed by atoms with E-state index in [9.17, 15) is 4.79 Å². The molecule has 0 saturated carbocycles. The van der Waals surface area contributed by atoms with Crippen molar-refractivity contribution in [3.63, 3.8) is 0 Å². The van der Waals surface area contributed by atoms with Crippen molar-refractivity contribution >= 4 is 17.0 Å². The van der Waals surface area contributed by atoms with E-state index in [1.54, 1.807) is 25.6 Å². The highest BCUT2D eigenvalue weighted by molar-refractivity contribution is 7.15. The number of ether oxygens (including phenoxy) is 1. The summed E-state index contributed by atoms with van der Waals surface area (Å²) >= 11 is 1.53. The van der Waals surface area contributed by atoms with E-state index in [1.807, 2.05) is 43.3 Å². The highest BCUT2D eigenvalue weighted by Crippen LogP contribution is 2.32. The maximum absolute atomic E-state index is 12.2. The highest BCUT2D eigenvalue weighted by Gasteiger charge is 2.11. The Balaban J connectivity index is 1.86. The van der Waals surface area contributed by atoms with Crippen molar-refractivity contribution in [3.8, 4) is 16.3 Å². The molecular weight excluding hydrogens is 324 g/mol. The summed E-state index contributed by atoms with van der Waals surface area (Å²) < 4.78 is 6.81. The van der Waals surface area contributed by atoms with Crippen LogP contribution in [0.15, 0.2) is 47.5 Å². The quantitative estimate of drug-likeness (QED) is 0.713. The van der Waals surface area contributed by atoms with Crippen LogP contribution in [0.1, 0.15) is 4.88 Å². The van der Waals surface area contributed by atoms with Gasteiger partial charge < -0.3 is 9.64 Å². The molecule has 124 valence electrons. The summed E-state index contributed by atoms with van der Waals surface area (Å²) in [5, 5.41) is 5.09. The molecule has 0 unspecified atom stereocenters. The van der Waals surface area contributed by atoms with Crippen LogP contribution in [0.5, 0.6) is 5.75 Å². The third-order valence-corrected chi connectivity index (χ3v) is 4.58. The lowest BCUT2D eigenvalue weighted by Crippen LogP contribution is -2.24. The zero-order chi connectivity index (χ0) is 17.1. The topological polar surface area (TPSA) is 60.2 Å². The van der Waals surface area contributed by atoms with Crippen molar-refractivity contribution in [2.75, 3.05) is 26.1 Å². The Morgan fingerprint density at radius 1 is 1.25 bits per heavy atom. The Labute approximate surface area is 144 Å². The van der Waals surface area contributed by atoms with Gasteiger partial charge in [-0.2, -0.15) is 5.10 Å². The van der Waals surface area contributed by atoms with E-state index < -0.39 is 0 Å². The number of thiazole rings is 1. The van der Waals surface area contributed by atoms with Gasteiger partial charge in [0.25, 0.3) is 5.56 Å². The molecule has 24 heavy (non-hydrogen) atoms. The molecule has 2 aromatic heterocycles. The molecule has 3 aromatic rings. The zero-order valence-electron chi connectivity index (χ0n) is 13.8. The fourth-order valence-electron chi connectivity index (χ4n) is 2.26. The molecule has 7 heteroatoms. The van der Waals surface area contributed by atoms with Gasteiger partial charge in [-0.15, -0.1) is 11.3 Å². The number of anilines is 1. The van der Waals surface area contributed by atoms with Crippen LogP contribution in [0.2, 0.25) is 0 Å². The normalized spacial score (nSPS) is 10.6. The number of hydrogen-bond donors (Lipinski definition) is 0. The maximum Gasteiger partial charge on any atom is 0.269 e. The predicted molar refractivity (Wildman–Crippen MR) is 96.0 cm³/mol. The lowest BCUT2D eigenvalue weighted by atomic mass is 10.2. The van der Waals surface area contributed by atoms with Crippen LogP contribution in [0.25, 0.3) is 10.6 Å². The second-order valence-corrected chi connectivity index (χ2v) is 6.55. The van der Waals surface area contributed by atoms with Gasteiger partial charge >= 0.3 is 0 Å². The number of para-hydroxylation sites is 1. The van der Waals surface area contributed by atoms with Crippen molar-refractivity contribution in [3.05, 3.63) is 58.0 Å². The van der Waals surface area contributed by atoms with Crippen LogP contribution in [0, 0.1) is 0 Å². The van der Waals surface area contributed by atoms with Crippen molar-refractivity contribution in [1.29, 1.82) is 0 Å². The van der Waals surface area contributed by atoms with Crippen molar-refractivity contribution < 1.29 is 4.74 Å². The molecule has 2 heterocycles. The van der Waals surface area contributed by atoms with Gasteiger partial charge in [0.1, 0.15) is 10.8 Å². The van der Waals surface area contributed by atoms with Crippen LogP contribution in [-0.4, -0.2) is 36.0 Å². The van der Waals surface area contributed by atoms with Gasteiger partial charge in [-0.1, -0.05) is 12.1 Å². The van der Waals surface area contributed by atoms with Gasteiger partial charge in [-0.25, -0.2) is 9.67 Å². The summed E-state index contributed by atoms with van der Waals surface area (Å²) in [5.74, 6) is 0.782. The van der Waals surface area contributed by atoms with E-state index in [0.717, 1.165) is 26.9 Å². The van der Waals surface area contributed by atoms with Crippen LogP contribution in [0.3, 0.4) is 0 Å². The number of rotatable bonds is 5. The first kappa shape index (κ1) is 16.2. The minimum absolute atomic E-state index is 0.131. The molecule has 0 atom stereocenters. The van der Waals surface area contributed by atoms with E-state index in [1.165, 1.54) is 16.0 Å². The molecule has 0 amide bonds. The van der Waals surface area contributed by atoms with E-state index >= 15 is 0 Å². The van der Waals surface area contributed by atoms with Gasteiger partial charge in [-0.3, -0.25) is 4.79 Å². The van der Waals surface area contributed by atoms with Crippen LogP contribution >= 0.6 is 11.3 Å². The fourth-order valence-corrected chi connectivity index (χ4v) is 3.19. The summed E-state index contributed by atoms with van der Waals surface area (Å²) in [5.41, 5.74) is 1.60. The molecule has 0 N–H and O–H groups in total. The monoisotopic (exact) mass is 342 g/mol. The average Bonchev–Trinajstić information content (AvgIpc) is 3.05. The van der Waals surface area contributed by atoms with Crippen molar-refractivity contribution in [2.45, 2.75) is 6.54 Å². The number of nitrogens with zero attached hydrogens (tertiary/aromatic N) is 4. The Hall–Kier alpha value is -2.67. The van der Waals surface area contributed by atoms with Crippen molar-refractivity contribution in [1.82, 2.24) is 14.8 Å². The predicted octanol–water partition coefficient (Wildman–Crippen LogP) is 2.49. The third kappa shape index (κ3) is 3.30. The molecule has 1 aromatic carbocycles. The SMILES string of the molecule is COc1ccccc1-c1ncc(Cn2ncc(N(C)C)cc2=O)s1. The lowest BCUT2D eigenvalue weighted by molar-refractivity contribution is 0.416. The zero-order valence-corrected chi connectivity index (χ0v) is 14.6. The minimum atomic E-state index is -0.131. The summed E-state index contributed by atoms with van der Waals surface area (Å²) in [4.78, 5) is 19.4. The number of benzene rings is 1. The largest absolute Gasteiger partial charge is 0.496 e. The first-order chi connectivity index (χ1) is 11.6. The molecule has 0 aliphatic rings. The van der Waals surface area contributed by atoms with Gasteiger partial charge in [-0.05, 0) is 12.1 Å². The first-order valence-electron chi connectivity index (χ1n) is 7.41. The second-order valence-electron chi connectivity index (χ2n) is 5.44. The Kier molecular flexibility index (Phi) is 4.61. The molecule has 0 aliphatic carbocycles. The maximum atomic E-state index is 12.2. The number of hydrogen-bond acceptors (Lipinski definition) is 6. The Morgan fingerprint density at radius 3 is 2.75 bits per heavy atom. The van der Waals surface area contributed by atoms with Crippen molar-refractivity contribution in [2.24, 2.45) is 0 Å². The summed E-state index contributed by atoms with van der Waals surface area (Å²) in [6.45, 7) is 0.402. The molecule has 0 fully saturated rings. The highest BCUT2D eigenvalue weighted by atomic mass is 32.1. The van der Waals surface area contributed by atoms with Crippen LogP contribution in [-0.2, 0) is 6.54 Å². The molecule has 0 radical (unpaired) electrons.